The first-order chi connectivity index (χ1) is 19.3. The van der Waals surface area contributed by atoms with E-state index in [-0.39, 0.29) is 19.3 Å². The predicted octanol–water partition coefficient (Wildman–Crippen LogP) is -1.82. The summed E-state index contributed by atoms with van der Waals surface area (Å²) in [5.74, 6) is -8.25. The molecule has 0 saturated carbocycles. The highest BCUT2D eigenvalue weighted by atomic mass is 16.4. The first-order valence-electron chi connectivity index (χ1n) is 12.4. The number of aliphatic carboxylic acids is 3. The summed E-state index contributed by atoms with van der Waals surface area (Å²) >= 11 is 0. The lowest BCUT2D eigenvalue weighted by Crippen LogP contribution is -2.57. The van der Waals surface area contributed by atoms with Crippen molar-refractivity contribution in [3.05, 3.63) is 36.0 Å². The quantitative estimate of drug-likeness (QED) is 0.101. The van der Waals surface area contributed by atoms with Gasteiger partial charge in [0, 0.05) is 29.9 Å². The molecule has 1 heterocycles. The monoisotopic (exact) mass is 576 g/mol. The van der Waals surface area contributed by atoms with Crippen LogP contribution >= 0.6 is 0 Å². The lowest BCUT2D eigenvalue weighted by atomic mass is 10.0. The fourth-order valence-electron chi connectivity index (χ4n) is 3.92. The topological polar surface area (TPSA) is 284 Å². The number of carboxylic acid groups (broad SMARTS) is 3. The van der Waals surface area contributed by atoms with Crippen molar-refractivity contribution in [3.8, 4) is 0 Å². The molecule has 4 atom stereocenters. The van der Waals surface area contributed by atoms with Gasteiger partial charge < -0.3 is 47.7 Å². The van der Waals surface area contributed by atoms with Crippen molar-refractivity contribution in [1.82, 2.24) is 20.9 Å². The lowest BCUT2D eigenvalue weighted by molar-refractivity contribution is -0.144. The Morgan fingerprint density at radius 3 is 1.98 bits per heavy atom. The van der Waals surface area contributed by atoms with Gasteiger partial charge in [0.2, 0.25) is 23.6 Å². The highest BCUT2D eigenvalue weighted by Crippen LogP contribution is 2.18. The minimum absolute atomic E-state index is 0.0444. The Morgan fingerprint density at radius 2 is 1.37 bits per heavy atom. The van der Waals surface area contributed by atoms with Gasteiger partial charge >= 0.3 is 17.9 Å². The zero-order chi connectivity index (χ0) is 30.7. The third kappa shape index (κ3) is 10.2. The summed E-state index contributed by atoms with van der Waals surface area (Å²) in [4.78, 5) is 86.6. The summed E-state index contributed by atoms with van der Waals surface area (Å²) in [5.41, 5.74) is 12.5. The van der Waals surface area contributed by atoms with Crippen molar-refractivity contribution >= 4 is 52.4 Å². The Morgan fingerprint density at radius 1 is 0.780 bits per heavy atom. The molecule has 16 nitrogen and oxygen atoms in total. The molecule has 16 heteroatoms. The highest BCUT2D eigenvalue weighted by Gasteiger charge is 2.32. The number of nitrogens with one attached hydrogen (secondary N) is 4. The molecule has 222 valence electrons. The van der Waals surface area contributed by atoms with E-state index >= 15 is 0 Å². The summed E-state index contributed by atoms with van der Waals surface area (Å²) in [6.45, 7) is 0. The van der Waals surface area contributed by atoms with Gasteiger partial charge in [-0.3, -0.25) is 28.8 Å². The van der Waals surface area contributed by atoms with Crippen molar-refractivity contribution in [2.24, 2.45) is 11.5 Å². The van der Waals surface area contributed by atoms with Crippen LogP contribution in [0.1, 0.15) is 37.7 Å². The van der Waals surface area contributed by atoms with Crippen molar-refractivity contribution in [2.45, 2.75) is 62.7 Å². The second-order valence-corrected chi connectivity index (χ2v) is 9.23. The van der Waals surface area contributed by atoms with E-state index in [1.807, 2.05) is 18.2 Å². The molecular weight excluding hydrogens is 544 g/mol. The Labute approximate surface area is 232 Å². The van der Waals surface area contributed by atoms with E-state index in [4.69, 9.17) is 16.6 Å². The molecule has 1 aromatic heterocycles. The zero-order valence-corrected chi connectivity index (χ0v) is 21.8. The first kappa shape index (κ1) is 32.2. The molecule has 0 aliphatic rings. The largest absolute Gasteiger partial charge is 0.481 e. The molecule has 0 bridgehead atoms. The molecule has 4 amide bonds. The third-order valence-electron chi connectivity index (χ3n) is 6.04. The molecule has 4 unspecified atom stereocenters. The van der Waals surface area contributed by atoms with Crippen molar-refractivity contribution < 1.29 is 48.9 Å². The number of hydrogen-bond acceptors (Lipinski definition) is 8. The number of carbonyl (C=O) groups excluding carboxylic acids is 4. The van der Waals surface area contributed by atoms with Gasteiger partial charge in [0.05, 0.1) is 12.5 Å². The lowest BCUT2D eigenvalue weighted by Gasteiger charge is -2.24. The van der Waals surface area contributed by atoms with Gasteiger partial charge in [-0.15, -0.1) is 0 Å². The van der Waals surface area contributed by atoms with Gasteiger partial charge in [-0.05, 0) is 30.9 Å². The number of H-pyrrole nitrogens is 1. The van der Waals surface area contributed by atoms with Crippen LogP contribution in [0.5, 0.6) is 0 Å². The number of aromatic nitrogens is 1. The summed E-state index contributed by atoms with van der Waals surface area (Å²) in [7, 11) is 0. The third-order valence-corrected chi connectivity index (χ3v) is 6.04. The zero-order valence-electron chi connectivity index (χ0n) is 21.8. The van der Waals surface area contributed by atoms with Crippen LogP contribution in [0.2, 0.25) is 0 Å². The van der Waals surface area contributed by atoms with Gasteiger partial charge in [-0.25, -0.2) is 4.79 Å². The number of rotatable bonds is 17. The molecule has 11 N–H and O–H groups in total. The smallest absolute Gasteiger partial charge is 0.326 e. The molecule has 0 fully saturated rings. The fraction of sp³-hybridized carbons (Fsp3) is 0.400. The van der Waals surface area contributed by atoms with Crippen molar-refractivity contribution in [3.63, 3.8) is 0 Å². The number of nitrogens with two attached hydrogens (primary N) is 2. The number of amides is 4. The van der Waals surface area contributed by atoms with Crippen LogP contribution in [0.4, 0.5) is 0 Å². The molecule has 0 radical (unpaired) electrons. The fourth-order valence-corrected chi connectivity index (χ4v) is 3.92. The minimum atomic E-state index is -1.71. The number of benzene rings is 1. The molecular formula is C25H32N6O10. The summed E-state index contributed by atoms with van der Waals surface area (Å²) in [6, 6.07) is 1.15. The van der Waals surface area contributed by atoms with Crippen LogP contribution in [-0.4, -0.2) is 86.0 Å². The van der Waals surface area contributed by atoms with Crippen LogP contribution in [0.3, 0.4) is 0 Å². The molecule has 0 saturated heterocycles. The number of hydrogen-bond donors (Lipinski definition) is 9. The van der Waals surface area contributed by atoms with Crippen LogP contribution < -0.4 is 27.4 Å². The number of primary amides is 1. The maximum atomic E-state index is 13.0. The maximum absolute atomic E-state index is 13.0. The summed E-state index contributed by atoms with van der Waals surface area (Å²) in [5, 5.41) is 35.0. The van der Waals surface area contributed by atoms with Gasteiger partial charge in [0.25, 0.3) is 0 Å². The second kappa shape index (κ2) is 15.0. The van der Waals surface area contributed by atoms with E-state index in [0.29, 0.717) is 5.56 Å². The number of aromatic amines is 1. The van der Waals surface area contributed by atoms with Gasteiger partial charge in [-0.1, -0.05) is 18.2 Å². The molecule has 41 heavy (non-hydrogen) atoms. The van der Waals surface area contributed by atoms with Crippen LogP contribution in [0, 0.1) is 0 Å². The number of carbonyl (C=O) groups is 7. The van der Waals surface area contributed by atoms with E-state index in [2.05, 4.69) is 20.9 Å². The van der Waals surface area contributed by atoms with Crippen LogP contribution in [-0.2, 0) is 40.0 Å². The molecule has 0 aliphatic heterocycles. The maximum Gasteiger partial charge on any atom is 0.326 e. The SMILES string of the molecule is NC(=O)CCC(NC(=O)C(CCC(=O)O)NC(=O)C(CC(=O)O)NC(=O)C(N)Cc1c[nH]c2ccccc12)C(=O)O. The average molecular weight is 577 g/mol. The van der Waals surface area contributed by atoms with E-state index in [1.54, 1.807) is 12.3 Å². The van der Waals surface area contributed by atoms with E-state index < -0.39 is 85.0 Å². The van der Waals surface area contributed by atoms with Gasteiger partial charge in [0.15, 0.2) is 0 Å². The Kier molecular flexibility index (Phi) is 11.8. The number of para-hydroxylation sites is 1. The Hall–Kier alpha value is -4.99. The molecule has 0 aliphatic carbocycles. The highest BCUT2D eigenvalue weighted by molar-refractivity contribution is 5.96. The molecule has 1 aromatic carbocycles. The van der Waals surface area contributed by atoms with Crippen LogP contribution in [0.15, 0.2) is 30.5 Å². The second-order valence-electron chi connectivity index (χ2n) is 9.23. The van der Waals surface area contributed by atoms with Crippen molar-refractivity contribution in [1.29, 1.82) is 0 Å². The summed E-state index contributed by atoms with van der Waals surface area (Å²) in [6.07, 6.45) is -1.06. The molecule has 2 rings (SSSR count). The van der Waals surface area contributed by atoms with E-state index in [0.717, 1.165) is 10.9 Å². The van der Waals surface area contributed by atoms with Gasteiger partial charge in [-0.2, -0.15) is 0 Å². The predicted molar refractivity (Wildman–Crippen MR) is 141 cm³/mol. The van der Waals surface area contributed by atoms with Crippen molar-refractivity contribution in [2.75, 3.05) is 0 Å². The minimum Gasteiger partial charge on any atom is -0.481 e. The summed E-state index contributed by atoms with van der Waals surface area (Å²) < 4.78 is 0. The normalized spacial score (nSPS) is 13.8. The molecule has 2 aromatic rings. The van der Waals surface area contributed by atoms with E-state index in [1.165, 1.54) is 0 Å². The average Bonchev–Trinajstić information content (AvgIpc) is 3.30. The first-order valence-corrected chi connectivity index (χ1v) is 12.4. The number of fused-ring (bicyclic) bond motifs is 1. The Bertz CT molecular complexity index is 1310. The Balaban J connectivity index is 2.15. The van der Waals surface area contributed by atoms with Gasteiger partial charge in [0.1, 0.15) is 18.1 Å². The standard InChI is InChI=1S/C25H32N6O10/c26-14(9-12-11-28-15-4-2-1-3-13(12)15)22(37)31-18(10-21(35)36)24(39)29-16(6-8-20(33)34)23(38)30-17(25(40)41)5-7-19(27)32/h1-4,11,14,16-18,28H,5-10,26H2,(H2,27,32)(H,29,39)(H,30,38)(H,31,37)(H,33,34)(H,35,36)(H,40,41). The number of carboxylic acids is 3. The van der Waals surface area contributed by atoms with E-state index in [9.17, 15) is 43.8 Å². The molecule has 0 spiro atoms. The van der Waals surface area contributed by atoms with Crippen LogP contribution in [0.25, 0.3) is 10.9 Å².